The summed E-state index contributed by atoms with van der Waals surface area (Å²) in [5.74, 6) is 1.69. The third kappa shape index (κ3) is 2.20. The molecule has 0 aromatic heterocycles. The lowest BCUT2D eigenvalue weighted by atomic mass is 9.92. The molecule has 1 atom stereocenters. The fraction of sp³-hybridized carbons (Fsp3) is 0.500. The second kappa shape index (κ2) is 4.98. The first kappa shape index (κ1) is 11.5. The monoisotopic (exact) mass is 246 g/mol. The summed E-state index contributed by atoms with van der Waals surface area (Å²) in [5.41, 5.74) is 1.22. The Hall–Kier alpha value is -1.55. The molecule has 1 saturated heterocycles. The predicted octanol–water partition coefficient (Wildman–Crippen LogP) is 0.888. The summed E-state index contributed by atoms with van der Waals surface area (Å²) < 4.78 is 5.62. The summed E-state index contributed by atoms with van der Waals surface area (Å²) in [6, 6.07) is 8.10. The largest absolute Gasteiger partial charge is 0.493 e. The molecule has 4 nitrogen and oxygen atoms in total. The average Bonchev–Trinajstić information content (AvgIpc) is 2.34. The van der Waals surface area contributed by atoms with Crippen molar-refractivity contribution >= 4 is 5.91 Å². The lowest BCUT2D eigenvalue weighted by molar-refractivity contribution is -0.126. The third-order valence-corrected chi connectivity index (χ3v) is 3.76. The molecule has 4 heteroatoms. The molecule has 18 heavy (non-hydrogen) atoms. The van der Waals surface area contributed by atoms with Gasteiger partial charge in [-0.3, -0.25) is 4.79 Å². The normalized spacial score (nSPS) is 22.6. The highest BCUT2D eigenvalue weighted by atomic mass is 16.5. The highest BCUT2D eigenvalue weighted by Crippen LogP contribution is 2.32. The molecule has 1 aromatic rings. The molecule has 0 spiro atoms. The maximum absolute atomic E-state index is 11.8. The lowest BCUT2D eigenvalue weighted by Gasteiger charge is -2.29. The Morgan fingerprint density at radius 1 is 1.39 bits per heavy atom. The van der Waals surface area contributed by atoms with Gasteiger partial charge in [0.15, 0.2) is 0 Å². The fourth-order valence-electron chi connectivity index (χ4n) is 2.47. The van der Waals surface area contributed by atoms with E-state index in [9.17, 15) is 4.79 Å². The average molecular weight is 246 g/mol. The topological polar surface area (TPSA) is 50.4 Å². The van der Waals surface area contributed by atoms with Gasteiger partial charge in [-0.15, -0.1) is 0 Å². The standard InChI is InChI=1S/C14H18N2O2/c17-14(11-7-15-8-11)16-9-10-5-6-18-13-4-2-1-3-12(10)13/h1-4,10-11,15H,5-9H2,(H,16,17). The van der Waals surface area contributed by atoms with Crippen molar-refractivity contribution in [3.63, 3.8) is 0 Å². The van der Waals surface area contributed by atoms with Crippen LogP contribution in [-0.2, 0) is 4.79 Å². The maximum atomic E-state index is 11.8. The SMILES string of the molecule is O=C(NCC1CCOc2ccccc21)C1CNC1. The molecular weight excluding hydrogens is 228 g/mol. The van der Waals surface area contributed by atoms with Gasteiger partial charge in [0.1, 0.15) is 5.75 Å². The van der Waals surface area contributed by atoms with Crippen molar-refractivity contribution in [3.8, 4) is 5.75 Å². The number of amides is 1. The van der Waals surface area contributed by atoms with Crippen LogP contribution in [0.2, 0.25) is 0 Å². The number of fused-ring (bicyclic) bond motifs is 1. The van der Waals surface area contributed by atoms with Crippen LogP contribution in [0.5, 0.6) is 5.75 Å². The van der Waals surface area contributed by atoms with Crippen LogP contribution < -0.4 is 15.4 Å². The van der Waals surface area contributed by atoms with Crippen LogP contribution in [0.4, 0.5) is 0 Å². The van der Waals surface area contributed by atoms with Crippen molar-refractivity contribution in [1.29, 1.82) is 0 Å². The van der Waals surface area contributed by atoms with Gasteiger partial charge in [0, 0.05) is 25.6 Å². The van der Waals surface area contributed by atoms with Crippen molar-refractivity contribution in [2.45, 2.75) is 12.3 Å². The Kier molecular flexibility index (Phi) is 3.19. The minimum absolute atomic E-state index is 0.167. The fourth-order valence-corrected chi connectivity index (χ4v) is 2.47. The van der Waals surface area contributed by atoms with Crippen molar-refractivity contribution in [3.05, 3.63) is 29.8 Å². The quantitative estimate of drug-likeness (QED) is 0.832. The van der Waals surface area contributed by atoms with Crippen LogP contribution in [0.25, 0.3) is 0 Å². The zero-order valence-corrected chi connectivity index (χ0v) is 10.3. The molecule has 1 amide bonds. The van der Waals surface area contributed by atoms with Gasteiger partial charge in [0.2, 0.25) is 5.91 Å². The van der Waals surface area contributed by atoms with E-state index in [4.69, 9.17) is 4.74 Å². The Labute approximate surface area is 107 Å². The lowest BCUT2D eigenvalue weighted by Crippen LogP contribution is -2.51. The molecule has 2 heterocycles. The molecule has 3 rings (SSSR count). The highest BCUT2D eigenvalue weighted by molar-refractivity contribution is 5.80. The van der Waals surface area contributed by atoms with Crippen molar-refractivity contribution in [2.75, 3.05) is 26.2 Å². The number of para-hydroxylation sites is 1. The number of carbonyl (C=O) groups excluding carboxylic acids is 1. The van der Waals surface area contributed by atoms with E-state index in [1.807, 2.05) is 18.2 Å². The maximum Gasteiger partial charge on any atom is 0.225 e. The summed E-state index contributed by atoms with van der Waals surface area (Å²) in [4.78, 5) is 11.8. The first-order chi connectivity index (χ1) is 8.84. The Balaban J connectivity index is 1.61. The minimum atomic E-state index is 0.167. The van der Waals surface area contributed by atoms with Crippen molar-refractivity contribution in [2.24, 2.45) is 5.92 Å². The molecule has 2 aliphatic rings. The van der Waals surface area contributed by atoms with Crippen LogP contribution >= 0.6 is 0 Å². The van der Waals surface area contributed by atoms with Gasteiger partial charge in [0.05, 0.1) is 12.5 Å². The number of carbonyl (C=O) groups is 1. The minimum Gasteiger partial charge on any atom is -0.493 e. The van der Waals surface area contributed by atoms with Crippen LogP contribution in [0.15, 0.2) is 24.3 Å². The Morgan fingerprint density at radius 2 is 2.22 bits per heavy atom. The number of nitrogens with one attached hydrogen (secondary N) is 2. The van der Waals surface area contributed by atoms with Gasteiger partial charge in [-0.25, -0.2) is 0 Å². The first-order valence-corrected chi connectivity index (χ1v) is 6.55. The number of benzene rings is 1. The van der Waals surface area contributed by atoms with Gasteiger partial charge in [-0.05, 0) is 18.1 Å². The molecule has 1 fully saturated rings. The number of rotatable bonds is 3. The molecule has 96 valence electrons. The molecular formula is C14H18N2O2. The Morgan fingerprint density at radius 3 is 3.00 bits per heavy atom. The summed E-state index contributed by atoms with van der Waals surface area (Å²) in [7, 11) is 0. The molecule has 1 unspecified atom stereocenters. The van der Waals surface area contributed by atoms with Crippen molar-refractivity contribution < 1.29 is 9.53 Å². The van der Waals surface area contributed by atoms with Crippen LogP contribution in [0, 0.1) is 5.92 Å². The number of hydrogen-bond acceptors (Lipinski definition) is 3. The molecule has 1 aromatic carbocycles. The Bertz CT molecular complexity index is 443. The number of hydrogen-bond donors (Lipinski definition) is 2. The van der Waals surface area contributed by atoms with E-state index >= 15 is 0 Å². The highest BCUT2D eigenvalue weighted by Gasteiger charge is 2.26. The number of ether oxygens (including phenoxy) is 1. The summed E-state index contributed by atoms with van der Waals surface area (Å²) in [6.07, 6.45) is 0.972. The van der Waals surface area contributed by atoms with Gasteiger partial charge >= 0.3 is 0 Å². The predicted molar refractivity (Wildman–Crippen MR) is 68.7 cm³/mol. The van der Waals surface area contributed by atoms with Crippen molar-refractivity contribution in [1.82, 2.24) is 10.6 Å². The van der Waals surface area contributed by atoms with E-state index in [2.05, 4.69) is 16.7 Å². The van der Waals surface area contributed by atoms with E-state index in [0.717, 1.165) is 38.4 Å². The molecule has 2 aliphatic heterocycles. The van der Waals surface area contributed by atoms with Crippen LogP contribution in [-0.4, -0.2) is 32.1 Å². The first-order valence-electron chi connectivity index (χ1n) is 6.55. The zero-order chi connectivity index (χ0) is 12.4. The smallest absolute Gasteiger partial charge is 0.225 e. The third-order valence-electron chi connectivity index (χ3n) is 3.76. The second-order valence-electron chi connectivity index (χ2n) is 4.97. The summed E-state index contributed by atoms with van der Waals surface area (Å²) in [6.45, 7) is 3.09. The van der Waals surface area contributed by atoms with E-state index in [-0.39, 0.29) is 11.8 Å². The van der Waals surface area contributed by atoms with E-state index < -0.39 is 0 Å². The molecule has 2 N–H and O–H groups in total. The second-order valence-corrected chi connectivity index (χ2v) is 4.97. The molecule has 0 aliphatic carbocycles. The molecule has 0 radical (unpaired) electrons. The van der Waals surface area contributed by atoms with E-state index in [1.165, 1.54) is 5.56 Å². The van der Waals surface area contributed by atoms with Gasteiger partial charge in [-0.2, -0.15) is 0 Å². The summed E-state index contributed by atoms with van der Waals surface area (Å²) >= 11 is 0. The van der Waals surface area contributed by atoms with Gasteiger partial charge < -0.3 is 15.4 Å². The summed E-state index contributed by atoms with van der Waals surface area (Å²) in [5, 5.41) is 6.18. The molecule has 0 saturated carbocycles. The van der Waals surface area contributed by atoms with E-state index in [0.29, 0.717) is 5.92 Å². The van der Waals surface area contributed by atoms with Crippen LogP contribution in [0.1, 0.15) is 17.9 Å². The van der Waals surface area contributed by atoms with Gasteiger partial charge in [-0.1, -0.05) is 18.2 Å². The molecule has 0 bridgehead atoms. The van der Waals surface area contributed by atoms with E-state index in [1.54, 1.807) is 0 Å². The van der Waals surface area contributed by atoms with Gasteiger partial charge in [0.25, 0.3) is 0 Å². The van der Waals surface area contributed by atoms with Crippen LogP contribution in [0.3, 0.4) is 0 Å². The zero-order valence-electron chi connectivity index (χ0n) is 10.3.